The van der Waals surface area contributed by atoms with Gasteiger partial charge in [0.25, 0.3) is 0 Å². The third-order valence-corrected chi connectivity index (χ3v) is 3.45. The van der Waals surface area contributed by atoms with Gasteiger partial charge in [-0.25, -0.2) is 0 Å². The zero-order valence-electron chi connectivity index (χ0n) is 11.2. The van der Waals surface area contributed by atoms with E-state index in [1.807, 2.05) is 6.08 Å². The normalized spacial score (nSPS) is 10.5. The highest BCUT2D eigenvalue weighted by atomic mass is 14.1. The van der Waals surface area contributed by atoms with Gasteiger partial charge in [0.2, 0.25) is 0 Å². The fourth-order valence-corrected chi connectivity index (χ4v) is 2.46. The standard InChI is InChI=1S/C16H24/c1-6-9-10-16-12(4)11-14(7-2)13(5)15(16)8-3/h7,11H,2,6,8-10H2,1,3-5H3. The second-order valence-electron chi connectivity index (χ2n) is 4.53. The minimum absolute atomic E-state index is 1.13. The fourth-order valence-electron chi connectivity index (χ4n) is 2.46. The van der Waals surface area contributed by atoms with Crippen LogP contribution in [-0.2, 0) is 12.8 Å². The lowest BCUT2D eigenvalue weighted by molar-refractivity contribution is 0.781. The average Bonchev–Trinajstić information content (AvgIpc) is 2.29. The van der Waals surface area contributed by atoms with E-state index in [4.69, 9.17) is 0 Å². The van der Waals surface area contributed by atoms with Crippen LogP contribution in [0.25, 0.3) is 6.08 Å². The lowest BCUT2D eigenvalue weighted by atomic mass is 9.89. The topological polar surface area (TPSA) is 0 Å². The summed E-state index contributed by atoms with van der Waals surface area (Å²) in [5, 5.41) is 0. The van der Waals surface area contributed by atoms with E-state index >= 15 is 0 Å². The van der Waals surface area contributed by atoms with Gasteiger partial charge in [-0.05, 0) is 60.9 Å². The van der Waals surface area contributed by atoms with Crippen molar-refractivity contribution >= 4 is 6.08 Å². The molecule has 0 amide bonds. The molecule has 0 atom stereocenters. The highest BCUT2D eigenvalue weighted by Crippen LogP contribution is 2.25. The number of aryl methyl sites for hydroxylation is 1. The molecule has 0 spiro atoms. The molecule has 0 fully saturated rings. The molecule has 0 radical (unpaired) electrons. The molecule has 0 heterocycles. The van der Waals surface area contributed by atoms with Gasteiger partial charge in [0, 0.05) is 0 Å². The van der Waals surface area contributed by atoms with Crippen molar-refractivity contribution in [2.45, 2.75) is 53.4 Å². The monoisotopic (exact) mass is 216 g/mol. The first-order chi connectivity index (χ1) is 7.65. The second-order valence-corrected chi connectivity index (χ2v) is 4.53. The van der Waals surface area contributed by atoms with Gasteiger partial charge in [0.15, 0.2) is 0 Å². The third kappa shape index (κ3) is 2.55. The molecule has 0 bridgehead atoms. The minimum atomic E-state index is 1.13. The highest BCUT2D eigenvalue weighted by Gasteiger charge is 2.10. The Kier molecular flexibility index (Phi) is 4.79. The Morgan fingerprint density at radius 3 is 2.38 bits per heavy atom. The van der Waals surface area contributed by atoms with Crippen LogP contribution in [0.4, 0.5) is 0 Å². The predicted octanol–water partition coefficient (Wildman–Crippen LogP) is 4.85. The Morgan fingerprint density at radius 2 is 1.88 bits per heavy atom. The van der Waals surface area contributed by atoms with Crippen molar-refractivity contribution in [3.8, 4) is 0 Å². The van der Waals surface area contributed by atoms with E-state index in [1.165, 1.54) is 36.0 Å². The Balaban J connectivity index is 3.25. The van der Waals surface area contributed by atoms with Gasteiger partial charge in [0.05, 0.1) is 0 Å². The van der Waals surface area contributed by atoms with Crippen LogP contribution in [0.5, 0.6) is 0 Å². The number of hydrogen-bond donors (Lipinski definition) is 0. The summed E-state index contributed by atoms with van der Waals surface area (Å²) in [6.07, 6.45) is 6.90. The average molecular weight is 216 g/mol. The maximum Gasteiger partial charge on any atom is -0.0228 e. The number of unbranched alkanes of at least 4 members (excludes halogenated alkanes) is 1. The molecule has 0 N–H and O–H groups in total. The molecule has 0 aromatic heterocycles. The zero-order chi connectivity index (χ0) is 12.1. The number of rotatable bonds is 5. The molecule has 1 aromatic carbocycles. The lowest BCUT2D eigenvalue weighted by Gasteiger charge is -2.17. The van der Waals surface area contributed by atoms with Crippen LogP contribution < -0.4 is 0 Å². The second kappa shape index (κ2) is 5.89. The smallest absolute Gasteiger partial charge is 0.0228 e. The van der Waals surface area contributed by atoms with Gasteiger partial charge in [0.1, 0.15) is 0 Å². The summed E-state index contributed by atoms with van der Waals surface area (Å²) in [7, 11) is 0. The summed E-state index contributed by atoms with van der Waals surface area (Å²) < 4.78 is 0. The quantitative estimate of drug-likeness (QED) is 0.660. The van der Waals surface area contributed by atoms with E-state index < -0.39 is 0 Å². The summed E-state index contributed by atoms with van der Waals surface area (Å²) in [5.74, 6) is 0. The summed E-state index contributed by atoms with van der Waals surface area (Å²) in [4.78, 5) is 0. The Labute approximate surface area is 100 Å². The molecule has 0 saturated carbocycles. The summed E-state index contributed by atoms with van der Waals surface area (Å²) in [6.45, 7) is 12.9. The van der Waals surface area contributed by atoms with Gasteiger partial charge in [-0.15, -0.1) is 0 Å². The molecular weight excluding hydrogens is 192 g/mol. The molecule has 0 nitrogen and oxygen atoms in total. The molecule has 16 heavy (non-hydrogen) atoms. The molecule has 88 valence electrons. The maximum atomic E-state index is 3.90. The molecule has 0 saturated heterocycles. The van der Waals surface area contributed by atoms with Crippen molar-refractivity contribution in [1.29, 1.82) is 0 Å². The highest BCUT2D eigenvalue weighted by molar-refractivity contribution is 5.58. The molecule has 0 aliphatic rings. The molecule has 0 aliphatic heterocycles. The van der Waals surface area contributed by atoms with E-state index in [9.17, 15) is 0 Å². The van der Waals surface area contributed by atoms with E-state index in [2.05, 4.69) is 40.3 Å². The SMILES string of the molecule is C=Cc1cc(C)c(CCCC)c(CC)c1C. The van der Waals surface area contributed by atoms with Crippen molar-refractivity contribution in [1.82, 2.24) is 0 Å². The van der Waals surface area contributed by atoms with Crippen LogP contribution >= 0.6 is 0 Å². The molecular formula is C16H24. The maximum absolute atomic E-state index is 3.90. The summed E-state index contributed by atoms with van der Waals surface area (Å²) in [6, 6.07) is 2.28. The molecule has 0 aliphatic carbocycles. The predicted molar refractivity (Wildman–Crippen MR) is 74.0 cm³/mol. The van der Waals surface area contributed by atoms with E-state index in [0.717, 1.165) is 6.42 Å². The van der Waals surface area contributed by atoms with Crippen LogP contribution in [0, 0.1) is 13.8 Å². The van der Waals surface area contributed by atoms with Gasteiger partial charge >= 0.3 is 0 Å². The first kappa shape index (κ1) is 13.0. The van der Waals surface area contributed by atoms with Gasteiger partial charge in [-0.2, -0.15) is 0 Å². The Morgan fingerprint density at radius 1 is 1.19 bits per heavy atom. The first-order valence-electron chi connectivity index (χ1n) is 6.40. The van der Waals surface area contributed by atoms with Crippen molar-refractivity contribution in [2.75, 3.05) is 0 Å². The summed E-state index contributed by atoms with van der Waals surface area (Å²) in [5.41, 5.74) is 7.28. The van der Waals surface area contributed by atoms with E-state index in [1.54, 1.807) is 11.1 Å². The third-order valence-electron chi connectivity index (χ3n) is 3.45. The molecule has 0 heteroatoms. The largest absolute Gasteiger partial charge is 0.0985 e. The van der Waals surface area contributed by atoms with Gasteiger partial charge in [-0.3, -0.25) is 0 Å². The van der Waals surface area contributed by atoms with Crippen molar-refractivity contribution in [3.63, 3.8) is 0 Å². The summed E-state index contributed by atoms with van der Waals surface area (Å²) >= 11 is 0. The van der Waals surface area contributed by atoms with Gasteiger partial charge in [-0.1, -0.05) is 39.0 Å². The molecule has 1 aromatic rings. The van der Waals surface area contributed by atoms with Crippen LogP contribution in [0.2, 0.25) is 0 Å². The van der Waals surface area contributed by atoms with Gasteiger partial charge < -0.3 is 0 Å². The van der Waals surface area contributed by atoms with Crippen LogP contribution in [0.3, 0.4) is 0 Å². The molecule has 1 rings (SSSR count). The Bertz CT molecular complexity index is 372. The van der Waals surface area contributed by atoms with E-state index in [0.29, 0.717) is 0 Å². The number of hydrogen-bond acceptors (Lipinski definition) is 0. The molecule has 0 unspecified atom stereocenters. The minimum Gasteiger partial charge on any atom is -0.0985 e. The van der Waals surface area contributed by atoms with Crippen molar-refractivity contribution in [3.05, 3.63) is 40.5 Å². The van der Waals surface area contributed by atoms with Crippen LogP contribution in [-0.4, -0.2) is 0 Å². The zero-order valence-corrected chi connectivity index (χ0v) is 11.2. The van der Waals surface area contributed by atoms with Crippen LogP contribution in [0.15, 0.2) is 12.6 Å². The lowest BCUT2D eigenvalue weighted by Crippen LogP contribution is -2.02. The number of benzene rings is 1. The van der Waals surface area contributed by atoms with Crippen molar-refractivity contribution < 1.29 is 0 Å². The van der Waals surface area contributed by atoms with Crippen LogP contribution in [0.1, 0.15) is 54.5 Å². The fraction of sp³-hybridized carbons (Fsp3) is 0.500. The Hall–Kier alpha value is -1.04. The van der Waals surface area contributed by atoms with E-state index in [-0.39, 0.29) is 0 Å². The van der Waals surface area contributed by atoms with Crippen molar-refractivity contribution in [2.24, 2.45) is 0 Å². The first-order valence-corrected chi connectivity index (χ1v) is 6.40.